The van der Waals surface area contributed by atoms with Crippen molar-refractivity contribution in [2.45, 2.75) is 6.92 Å². The van der Waals surface area contributed by atoms with Crippen molar-refractivity contribution in [3.63, 3.8) is 0 Å². The standard InChI is InChI=1S/C15H15NO5/c1-9(17)10-6-13(15(18)19)16(8-10)12-7-11(20-2)4-5-14(12)21-3/h4-8H,1-3H3,(H,18,19). The van der Waals surface area contributed by atoms with Gasteiger partial charge in [-0.15, -0.1) is 0 Å². The van der Waals surface area contributed by atoms with Gasteiger partial charge in [-0.05, 0) is 25.1 Å². The van der Waals surface area contributed by atoms with E-state index in [0.29, 0.717) is 22.7 Å². The number of ketones is 1. The fourth-order valence-electron chi connectivity index (χ4n) is 2.00. The average molecular weight is 289 g/mol. The molecule has 110 valence electrons. The Balaban J connectivity index is 2.70. The second-order valence-corrected chi connectivity index (χ2v) is 4.38. The molecule has 1 heterocycles. The summed E-state index contributed by atoms with van der Waals surface area (Å²) in [5.41, 5.74) is 0.783. The molecule has 1 aromatic carbocycles. The fraction of sp³-hybridized carbons (Fsp3) is 0.200. The number of rotatable bonds is 5. The zero-order chi connectivity index (χ0) is 15.6. The lowest BCUT2D eigenvalue weighted by Gasteiger charge is -2.13. The Kier molecular flexibility index (Phi) is 3.98. The number of benzene rings is 1. The Labute approximate surface area is 121 Å². The Hall–Kier alpha value is -2.76. The van der Waals surface area contributed by atoms with E-state index >= 15 is 0 Å². The molecular formula is C15H15NO5. The highest BCUT2D eigenvalue weighted by Gasteiger charge is 2.18. The first kappa shape index (κ1) is 14.6. The molecule has 6 nitrogen and oxygen atoms in total. The van der Waals surface area contributed by atoms with Crippen LogP contribution in [-0.2, 0) is 0 Å². The number of ether oxygens (including phenoxy) is 2. The number of methoxy groups -OCH3 is 2. The van der Waals surface area contributed by atoms with E-state index in [9.17, 15) is 14.7 Å². The molecule has 0 atom stereocenters. The van der Waals surface area contributed by atoms with E-state index < -0.39 is 5.97 Å². The lowest BCUT2D eigenvalue weighted by molar-refractivity contribution is 0.0688. The Bertz CT molecular complexity index is 702. The van der Waals surface area contributed by atoms with Crippen molar-refractivity contribution in [2.75, 3.05) is 14.2 Å². The number of nitrogens with zero attached hydrogens (tertiary/aromatic N) is 1. The average Bonchev–Trinajstić information content (AvgIpc) is 2.92. The number of Topliss-reactive ketones (excluding diaryl/α,β-unsaturated/α-hetero) is 1. The normalized spacial score (nSPS) is 10.2. The van der Waals surface area contributed by atoms with Gasteiger partial charge in [0.25, 0.3) is 0 Å². The topological polar surface area (TPSA) is 77.8 Å². The molecule has 0 radical (unpaired) electrons. The van der Waals surface area contributed by atoms with E-state index in [1.54, 1.807) is 18.2 Å². The summed E-state index contributed by atoms with van der Waals surface area (Å²) >= 11 is 0. The van der Waals surface area contributed by atoms with Crippen LogP contribution in [0.25, 0.3) is 5.69 Å². The molecule has 0 unspecified atom stereocenters. The molecule has 1 aromatic heterocycles. The summed E-state index contributed by atoms with van der Waals surface area (Å²) in [4.78, 5) is 22.9. The van der Waals surface area contributed by atoms with Crippen molar-refractivity contribution in [3.05, 3.63) is 41.7 Å². The van der Waals surface area contributed by atoms with Crippen LogP contribution in [0.3, 0.4) is 0 Å². The molecule has 1 N–H and O–H groups in total. The quantitative estimate of drug-likeness (QED) is 0.855. The van der Waals surface area contributed by atoms with E-state index in [-0.39, 0.29) is 11.5 Å². The predicted molar refractivity (Wildman–Crippen MR) is 75.8 cm³/mol. The molecule has 21 heavy (non-hydrogen) atoms. The summed E-state index contributed by atoms with van der Waals surface area (Å²) in [6, 6.07) is 6.37. The molecular weight excluding hydrogens is 274 g/mol. The summed E-state index contributed by atoms with van der Waals surface area (Å²) in [6.07, 6.45) is 1.48. The monoisotopic (exact) mass is 289 g/mol. The Morgan fingerprint density at radius 1 is 1.14 bits per heavy atom. The molecule has 0 aliphatic carbocycles. The molecule has 0 aliphatic rings. The summed E-state index contributed by atoms with van der Waals surface area (Å²) in [6.45, 7) is 1.38. The number of hydrogen-bond donors (Lipinski definition) is 1. The van der Waals surface area contributed by atoms with Crippen molar-refractivity contribution < 1.29 is 24.2 Å². The minimum Gasteiger partial charge on any atom is -0.497 e. The Morgan fingerprint density at radius 3 is 2.38 bits per heavy atom. The lowest BCUT2D eigenvalue weighted by atomic mass is 10.2. The molecule has 2 rings (SSSR count). The molecule has 0 saturated carbocycles. The van der Waals surface area contributed by atoms with Gasteiger partial charge in [0.1, 0.15) is 17.2 Å². The lowest BCUT2D eigenvalue weighted by Crippen LogP contribution is -2.07. The highest BCUT2D eigenvalue weighted by molar-refractivity contribution is 5.97. The van der Waals surface area contributed by atoms with E-state index in [1.165, 1.54) is 38.0 Å². The third kappa shape index (κ3) is 2.74. The Morgan fingerprint density at radius 2 is 1.86 bits per heavy atom. The maximum absolute atomic E-state index is 11.5. The van der Waals surface area contributed by atoms with Crippen molar-refractivity contribution in [3.8, 4) is 17.2 Å². The number of hydrogen-bond acceptors (Lipinski definition) is 4. The van der Waals surface area contributed by atoms with Crippen molar-refractivity contribution in [2.24, 2.45) is 0 Å². The zero-order valence-electron chi connectivity index (χ0n) is 11.9. The zero-order valence-corrected chi connectivity index (χ0v) is 11.9. The minimum absolute atomic E-state index is 0.0215. The SMILES string of the molecule is COc1ccc(OC)c(-n2cc(C(C)=O)cc2C(=O)O)c1. The number of carboxylic acids is 1. The molecule has 0 spiro atoms. The highest BCUT2D eigenvalue weighted by atomic mass is 16.5. The number of carbonyl (C=O) groups excluding carboxylic acids is 1. The third-order valence-corrected chi connectivity index (χ3v) is 3.09. The van der Waals surface area contributed by atoms with E-state index in [2.05, 4.69) is 0 Å². The molecule has 2 aromatic rings. The van der Waals surface area contributed by atoms with Crippen molar-refractivity contribution in [1.29, 1.82) is 0 Å². The van der Waals surface area contributed by atoms with E-state index in [4.69, 9.17) is 9.47 Å². The summed E-state index contributed by atoms with van der Waals surface area (Å²) in [7, 11) is 3.00. The first-order chi connectivity index (χ1) is 9.97. The number of carboxylic acid groups (broad SMARTS) is 1. The highest BCUT2D eigenvalue weighted by Crippen LogP contribution is 2.29. The largest absolute Gasteiger partial charge is 0.497 e. The molecule has 0 amide bonds. The van der Waals surface area contributed by atoms with Gasteiger partial charge in [-0.1, -0.05) is 0 Å². The first-order valence-electron chi connectivity index (χ1n) is 6.17. The van der Waals surface area contributed by atoms with Crippen LogP contribution in [-0.4, -0.2) is 35.6 Å². The van der Waals surface area contributed by atoms with E-state index in [1.807, 2.05) is 0 Å². The van der Waals surface area contributed by atoms with Crippen LogP contribution >= 0.6 is 0 Å². The summed E-state index contributed by atoms with van der Waals surface area (Å²) in [5, 5.41) is 9.31. The molecule has 0 saturated heterocycles. The fourth-order valence-corrected chi connectivity index (χ4v) is 2.00. The second-order valence-electron chi connectivity index (χ2n) is 4.38. The third-order valence-electron chi connectivity index (χ3n) is 3.09. The number of aromatic nitrogens is 1. The van der Waals surface area contributed by atoms with Crippen LogP contribution in [0.15, 0.2) is 30.5 Å². The maximum Gasteiger partial charge on any atom is 0.352 e. The predicted octanol–water partition coefficient (Wildman–Crippen LogP) is 2.40. The van der Waals surface area contributed by atoms with Gasteiger partial charge in [-0.25, -0.2) is 4.79 Å². The van der Waals surface area contributed by atoms with Gasteiger partial charge in [-0.2, -0.15) is 0 Å². The minimum atomic E-state index is -1.13. The molecule has 0 bridgehead atoms. The van der Waals surface area contributed by atoms with Crippen LogP contribution < -0.4 is 9.47 Å². The van der Waals surface area contributed by atoms with Crippen LogP contribution in [0.1, 0.15) is 27.8 Å². The number of aromatic carboxylic acids is 1. The molecule has 0 aliphatic heterocycles. The summed E-state index contributed by atoms with van der Waals surface area (Å²) < 4.78 is 11.8. The van der Waals surface area contributed by atoms with Crippen molar-refractivity contribution >= 4 is 11.8 Å². The first-order valence-corrected chi connectivity index (χ1v) is 6.17. The van der Waals surface area contributed by atoms with Gasteiger partial charge in [0.05, 0.1) is 19.9 Å². The van der Waals surface area contributed by atoms with Crippen LogP contribution in [0, 0.1) is 0 Å². The van der Waals surface area contributed by atoms with E-state index in [0.717, 1.165) is 0 Å². The van der Waals surface area contributed by atoms with Gasteiger partial charge in [0.2, 0.25) is 0 Å². The van der Waals surface area contributed by atoms with Gasteiger partial charge >= 0.3 is 5.97 Å². The van der Waals surface area contributed by atoms with Crippen LogP contribution in [0.2, 0.25) is 0 Å². The molecule has 6 heteroatoms. The van der Waals surface area contributed by atoms with Gasteiger partial charge in [0.15, 0.2) is 5.78 Å². The van der Waals surface area contributed by atoms with Crippen LogP contribution in [0.4, 0.5) is 0 Å². The van der Waals surface area contributed by atoms with Gasteiger partial charge in [-0.3, -0.25) is 4.79 Å². The smallest absolute Gasteiger partial charge is 0.352 e. The van der Waals surface area contributed by atoms with Gasteiger partial charge < -0.3 is 19.1 Å². The maximum atomic E-state index is 11.5. The number of carbonyl (C=O) groups is 2. The molecule has 0 fully saturated rings. The second kappa shape index (κ2) is 5.70. The van der Waals surface area contributed by atoms with Crippen LogP contribution in [0.5, 0.6) is 11.5 Å². The van der Waals surface area contributed by atoms with Gasteiger partial charge in [0, 0.05) is 17.8 Å². The summed E-state index contributed by atoms with van der Waals surface area (Å²) in [5.74, 6) is -0.310. The van der Waals surface area contributed by atoms with Crippen molar-refractivity contribution in [1.82, 2.24) is 4.57 Å².